The third-order valence-corrected chi connectivity index (χ3v) is 6.26. The van der Waals surface area contributed by atoms with Crippen LogP contribution in [-0.2, 0) is 33.5 Å². The summed E-state index contributed by atoms with van der Waals surface area (Å²) in [5.41, 5.74) is 5.89. The summed E-state index contributed by atoms with van der Waals surface area (Å²) >= 11 is 0. The number of carboxylic acids is 3. The Hall–Kier alpha value is -3.26. The SMILES string of the molecule is CO[C@@H]1CCCN(C(=O)[C@H](CCC(=O)O)NC(=O)[C@@H](N)C(C)C)[C@@H]1CCC(=O)N[C@@H](CC(=O)O)C(=O)O. The highest BCUT2D eigenvalue weighted by Gasteiger charge is 2.38. The van der Waals surface area contributed by atoms with Gasteiger partial charge in [0.2, 0.25) is 17.7 Å². The molecule has 0 aromatic heterocycles. The molecule has 14 nitrogen and oxygen atoms in total. The number of aliphatic carboxylic acids is 3. The lowest BCUT2D eigenvalue weighted by atomic mass is 9.93. The van der Waals surface area contributed by atoms with Gasteiger partial charge in [0.05, 0.1) is 24.6 Å². The summed E-state index contributed by atoms with van der Waals surface area (Å²) in [4.78, 5) is 73.2. The summed E-state index contributed by atoms with van der Waals surface area (Å²) in [7, 11) is 1.45. The number of hydrogen-bond acceptors (Lipinski definition) is 8. The van der Waals surface area contributed by atoms with Crippen LogP contribution >= 0.6 is 0 Å². The third kappa shape index (κ3) is 10.3. The van der Waals surface area contributed by atoms with Gasteiger partial charge in [-0.3, -0.25) is 24.0 Å². The van der Waals surface area contributed by atoms with Crippen molar-refractivity contribution in [2.24, 2.45) is 11.7 Å². The van der Waals surface area contributed by atoms with Gasteiger partial charge in [0.25, 0.3) is 0 Å². The predicted molar refractivity (Wildman–Crippen MR) is 128 cm³/mol. The molecule has 0 aliphatic carbocycles. The van der Waals surface area contributed by atoms with Crippen LogP contribution in [-0.4, -0.2) is 99.8 Å². The van der Waals surface area contributed by atoms with Gasteiger partial charge in [0.15, 0.2) is 0 Å². The highest BCUT2D eigenvalue weighted by atomic mass is 16.5. The molecule has 1 fully saturated rings. The Balaban J connectivity index is 3.05. The minimum absolute atomic E-state index is 0.0700. The number of hydrogen-bond donors (Lipinski definition) is 6. The molecule has 3 amide bonds. The van der Waals surface area contributed by atoms with Gasteiger partial charge in [0.1, 0.15) is 12.1 Å². The van der Waals surface area contributed by atoms with Crippen LogP contribution in [0.25, 0.3) is 0 Å². The van der Waals surface area contributed by atoms with Crippen molar-refractivity contribution in [2.45, 2.75) is 89.1 Å². The molecule has 0 saturated carbocycles. The Morgan fingerprint density at radius 3 is 2.16 bits per heavy atom. The van der Waals surface area contributed by atoms with Crippen LogP contribution in [0.2, 0.25) is 0 Å². The predicted octanol–water partition coefficient (Wildman–Crippen LogP) is -0.850. The fourth-order valence-electron chi connectivity index (χ4n) is 4.13. The summed E-state index contributed by atoms with van der Waals surface area (Å²) in [5.74, 6) is -6.07. The first kappa shape index (κ1) is 31.8. The zero-order valence-corrected chi connectivity index (χ0v) is 21.3. The lowest BCUT2D eigenvalue weighted by Gasteiger charge is -2.42. The molecule has 210 valence electrons. The fourth-order valence-corrected chi connectivity index (χ4v) is 4.13. The molecule has 0 radical (unpaired) electrons. The van der Waals surface area contributed by atoms with E-state index in [4.69, 9.17) is 25.8 Å². The summed E-state index contributed by atoms with van der Waals surface area (Å²) in [6.45, 7) is 3.74. The maximum atomic E-state index is 13.5. The average Bonchev–Trinajstić information content (AvgIpc) is 2.82. The summed E-state index contributed by atoms with van der Waals surface area (Å²) in [6, 6.07) is -4.29. The fraction of sp³-hybridized carbons (Fsp3) is 0.739. The van der Waals surface area contributed by atoms with E-state index >= 15 is 0 Å². The molecule has 1 saturated heterocycles. The molecular formula is C23H38N4O10. The van der Waals surface area contributed by atoms with Crippen molar-refractivity contribution < 1.29 is 48.8 Å². The van der Waals surface area contributed by atoms with Gasteiger partial charge in [-0.1, -0.05) is 13.8 Å². The first-order valence-electron chi connectivity index (χ1n) is 12.1. The minimum atomic E-state index is -1.60. The van der Waals surface area contributed by atoms with E-state index in [2.05, 4.69) is 10.6 Å². The van der Waals surface area contributed by atoms with Gasteiger partial charge in [0, 0.05) is 26.5 Å². The number of carbonyl (C=O) groups excluding carboxylic acids is 3. The Morgan fingerprint density at radius 1 is 1.00 bits per heavy atom. The molecule has 1 rings (SSSR count). The zero-order valence-electron chi connectivity index (χ0n) is 21.3. The number of amides is 3. The molecule has 1 heterocycles. The van der Waals surface area contributed by atoms with Gasteiger partial charge >= 0.3 is 17.9 Å². The second-order valence-corrected chi connectivity index (χ2v) is 9.37. The molecule has 0 spiro atoms. The van der Waals surface area contributed by atoms with E-state index in [0.717, 1.165) is 0 Å². The number of rotatable bonds is 15. The Bertz CT molecular complexity index is 849. The van der Waals surface area contributed by atoms with Crippen molar-refractivity contribution >= 4 is 35.6 Å². The van der Waals surface area contributed by atoms with Crippen molar-refractivity contribution in [3.05, 3.63) is 0 Å². The van der Waals surface area contributed by atoms with E-state index in [1.165, 1.54) is 12.0 Å². The van der Waals surface area contributed by atoms with E-state index in [9.17, 15) is 28.8 Å². The number of methoxy groups -OCH3 is 1. The van der Waals surface area contributed by atoms with Crippen LogP contribution in [0.15, 0.2) is 0 Å². The zero-order chi connectivity index (χ0) is 28.3. The second-order valence-electron chi connectivity index (χ2n) is 9.37. The molecule has 5 atom stereocenters. The molecule has 1 aliphatic rings. The molecule has 0 aromatic rings. The average molecular weight is 531 g/mol. The number of piperidine rings is 1. The molecule has 0 bridgehead atoms. The topological polar surface area (TPSA) is 226 Å². The molecule has 1 aliphatic heterocycles. The lowest BCUT2D eigenvalue weighted by molar-refractivity contribution is -0.147. The number of ether oxygens (including phenoxy) is 1. The molecule has 7 N–H and O–H groups in total. The van der Waals surface area contributed by atoms with Gasteiger partial charge < -0.3 is 41.3 Å². The van der Waals surface area contributed by atoms with E-state index in [1.54, 1.807) is 13.8 Å². The van der Waals surface area contributed by atoms with Gasteiger partial charge in [-0.05, 0) is 31.6 Å². The van der Waals surface area contributed by atoms with E-state index in [0.29, 0.717) is 12.8 Å². The number of nitrogens with two attached hydrogens (primary N) is 1. The van der Waals surface area contributed by atoms with E-state index in [1.807, 2.05) is 0 Å². The van der Waals surface area contributed by atoms with Crippen LogP contribution in [0.1, 0.15) is 58.8 Å². The quantitative estimate of drug-likeness (QED) is 0.153. The standard InChI is InChI=1S/C23H38N4O10/c1-12(2)20(24)21(33)26-13(6-9-18(29)30)22(34)27-10-4-5-16(37-3)15(27)7-8-17(28)25-14(23(35)36)11-19(31)32/h12-16,20H,4-11,24H2,1-3H3,(H,25,28)(H,26,33)(H,29,30)(H,31,32)(H,35,36)/t13-,14-,15+,16+,20-/m0/s1. The highest BCUT2D eigenvalue weighted by molar-refractivity contribution is 5.90. The Labute approximate surface area is 214 Å². The first-order valence-corrected chi connectivity index (χ1v) is 12.1. The number of likely N-dealkylation sites (tertiary alicyclic amines) is 1. The van der Waals surface area contributed by atoms with Crippen molar-refractivity contribution in [1.82, 2.24) is 15.5 Å². The molecule has 0 aromatic carbocycles. The van der Waals surface area contributed by atoms with Crippen molar-refractivity contribution in [3.63, 3.8) is 0 Å². The van der Waals surface area contributed by atoms with Crippen molar-refractivity contribution in [3.8, 4) is 0 Å². The second kappa shape index (κ2) is 15.1. The molecule has 0 unspecified atom stereocenters. The molecular weight excluding hydrogens is 492 g/mol. The Morgan fingerprint density at radius 2 is 1.65 bits per heavy atom. The number of carboxylic acid groups (broad SMARTS) is 3. The summed E-state index contributed by atoms with van der Waals surface area (Å²) in [5, 5.41) is 31.9. The van der Waals surface area contributed by atoms with Crippen LogP contribution in [0, 0.1) is 5.92 Å². The Kier molecular flexibility index (Phi) is 13.0. The van der Waals surface area contributed by atoms with Gasteiger partial charge in [-0.2, -0.15) is 0 Å². The number of nitrogens with one attached hydrogen (secondary N) is 2. The van der Waals surface area contributed by atoms with Crippen molar-refractivity contribution in [2.75, 3.05) is 13.7 Å². The van der Waals surface area contributed by atoms with Crippen molar-refractivity contribution in [1.29, 1.82) is 0 Å². The van der Waals surface area contributed by atoms with Crippen LogP contribution < -0.4 is 16.4 Å². The van der Waals surface area contributed by atoms with Crippen LogP contribution in [0.3, 0.4) is 0 Å². The largest absolute Gasteiger partial charge is 0.481 e. The normalized spacial score (nSPS) is 20.0. The van der Waals surface area contributed by atoms with E-state index < -0.39 is 72.3 Å². The first-order chi connectivity index (χ1) is 17.3. The van der Waals surface area contributed by atoms with Gasteiger partial charge in [-0.15, -0.1) is 0 Å². The third-order valence-electron chi connectivity index (χ3n) is 6.26. The van der Waals surface area contributed by atoms with Gasteiger partial charge in [-0.25, -0.2) is 4.79 Å². The highest BCUT2D eigenvalue weighted by Crippen LogP contribution is 2.25. The van der Waals surface area contributed by atoms with Crippen LogP contribution in [0.4, 0.5) is 0 Å². The monoisotopic (exact) mass is 530 g/mol. The number of carbonyl (C=O) groups is 6. The maximum Gasteiger partial charge on any atom is 0.326 e. The summed E-state index contributed by atoms with van der Waals surface area (Å²) in [6.07, 6.45) is -0.800. The maximum absolute atomic E-state index is 13.5. The minimum Gasteiger partial charge on any atom is -0.481 e. The van der Waals surface area contributed by atoms with E-state index in [-0.39, 0.29) is 38.1 Å². The molecule has 14 heteroatoms. The summed E-state index contributed by atoms with van der Waals surface area (Å²) < 4.78 is 5.52. The molecule has 37 heavy (non-hydrogen) atoms. The smallest absolute Gasteiger partial charge is 0.326 e. The number of nitrogens with zero attached hydrogens (tertiary/aromatic N) is 1. The lowest BCUT2D eigenvalue weighted by Crippen LogP contribution is -2.59. The van der Waals surface area contributed by atoms with Crippen LogP contribution in [0.5, 0.6) is 0 Å².